The Hall–Kier alpha value is -3.67. The topological polar surface area (TPSA) is 81.5 Å². The van der Waals surface area contributed by atoms with Crippen LogP contribution in [0.5, 0.6) is 11.5 Å². The Bertz CT molecular complexity index is 1280. The van der Waals surface area contributed by atoms with E-state index in [1.165, 1.54) is 50.2 Å². The van der Waals surface area contributed by atoms with Gasteiger partial charge in [0.25, 0.3) is 0 Å². The minimum Gasteiger partial charge on any atom is -0.496 e. The van der Waals surface area contributed by atoms with Crippen molar-refractivity contribution in [3.05, 3.63) is 77.6 Å². The van der Waals surface area contributed by atoms with Crippen LogP contribution >= 0.6 is 0 Å². The summed E-state index contributed by atoms with van der Waals surface area (Å²) in [6, 6.07) is 14.5. The molecule has 0 aliphatic heterocycles. The highest BCUT2D eigenvalue weighted by atomic mass is 16.5. The zero-order valence-electron chi connectivity index (χ0n) is 21.1. The highest BCUT2D eigenvalue weighted by Gasteiger charge is 2.52. The summed E-state index contributed by atoms with van der Waals surface area (Å²) in [7, 11) is 1.66. The second kappa shape index (κ2) is 9.66. The highest BCUT2D eigenvalue weighted by Crippen LogP contribution is 2.62. The molecule has 7 rings (SSSR count). The third-order valence-corrected chi connectivity index (χ3v) is 8.48. The third-order valence-electron chi connectivity index (χ3n) is 8.48. The number of ether oxygens (including phenoxy) is 2. The minimum absolute atomic E-state index is 0.117. The molecule has 0 spiro atoms. The molecule has 4 aliphatic carbocycles. The van der Waals surface area contributed by atoms with Crippen molar-refractivity contribution in [1.82, 2.24) is 9.97 Å². The van der Waals surface area contributed by atoms with Crippen molar-refractivity contribution in [2.45, 2.75) is 50.5 Å². The monoisotopic (exact) mass is 496 g/mol. The third kappa shape index (κ3) is 4.73. The second-order valence-electron chi connectivity index (χ2n) is 11.0. The Morgan fingerprint density at radius 3 is 2.24 bits per heavy atom. The van der Waals surface area contributed by atoms with Gasteiger partial charge in [0, 0.05) is 35.7 Å². The van der Waals surface area contributed by atoms with E-state index in [0.29, 0.717) is 23.7 Å². The SMILES string of the molecule is COc1cc(OCc2ccccc2)c(C23CC4CC(CC(C4)C2)C3)cc1-c1ncc(/C=C/C(=O)O)cn1. The van der Waals surface area contributed by atoms with Gasteiger partial charge in [-0.3, -0.25) is 0 Å². The number of aromatic nitrogens is 2. The van der Waals surface area contributed by atoms with Crippen LogP contribution in [0.1, 0.15) is 55.2 Å². The van der Waals surface area contributed by atoms with E-state index >= 15 is 0 Å². The Morgan fingerprint density at radius 2 is 1.65 bits per heavy atom. The summed E-state index contributed by atoms with van der Waals surface area (Å²) >= 11 is 0. The lowest BCUT2D eigenvalue weighted by Gasteiger charge is -2.57. The van der Waals surface area contributed by atoms with Crippen LogP contribution in [-0.4, -0.2) is 28.2 Å². The first-order valence-corrected chi connectivity index (χ1v) is 13.1. The molecule has 2 aromatic carbocycles. The van der Waals surface area contributed by atoms with E-state index in [1.807, 2.05) is 24.3 Å². The first kappa shape index (κ1) is 23.7. The Morgan fingerprint density at radius 1 is 1.00 bits per heavy atom. The Labute approximate surface area is 217 Å². The maximum Gasteiger partial charge on any atom is 0.328 e. The number of benzene rings is 2. The number of aliphatic carboxylic acids is 1. The van der Waals surface area contributed by atoms with Gasteiger partial charge in [0.2, 0.25) is 0 Å². The molecule has 190 valence electrons. The molecule has 0 unspecified atom stereocenters. The van der Waals surface area contributed by atoms with Crippen LogP contribution in [0, 0.1) is 17.8 Å². The van der Waals surface area contributed by atoms with E-state index in [9.17, 15) is 4.79 Å². The zero-order chi connectivity index (χ0) is 25.4. The van der Waals surface area contributed by atoms with Crippen molar-refractivity contribution in [1.29, 1.82) is 0 Å². The number of methoxy groups -OCH3 is 1. The van der Waals surface area contributed by atoms with Crippen LogP contribution in [0.4, 0.5) is 0 Å². The van der Waals surface area contributed by atoms with E-state index in [1.54, 1.807) is 19.5 Å². The second-order valence-corrected chi connectivity index (χ2v) is 11.0. The fraction of sp³-hybridized carbons (Fsp3) is 0.387. The van der Waals surface area contributed by atoms with Crippen molar-refractivity contribution < 1.29 is 19.4 Å². The smallest absolute Gasteiger partial charge is 0.328 e. The summed E-state index contributed by atoms with van der Waals surface area (Å²) < 4.78 is 12.4. The van der Waals surface area contributed by atoms with Crippen LogP contribution in [-0.2, 0) is 16.8 Å². The zero-order valence-corrected chi connectivity index (χ0v) is 21.1. The van der Waals surface area contributed by atoms with Gasteiger partial charge in [-0.1, -0.05) is 30.3 Å². The first-order chi connectivity index (χ1) is 18.0. The molecule has 1 N–H and O–H groups in total. The molecule has 1 aromatic heterocycles. The van der Waals surface area contributed by atoms with Crippen LogP contribution in [0.3, 0.4) is 0 Å². The standard InChI is InChI=1S/C31H32N2O4/c1-36-27-13-28(37-19-20-5-3-2-4-6-20)26(31-14-22-9-23(15-31)11-24(10-22)16-31)12-25(27)30-32-17-21(18-33-30)7-8-29(34)35/h2-8,12-13,17-18,22-24H,9-11,14-16,19H2,1H3,(H,34,35)/b8-7+. The summed E-state index contributed by atoms with van der Waals surface area (Å²) in [6.07, 6.45) is 13.6. The molecular formula is C31H32N2O4. The predicted octanol–water partition coefficient (Wildman–Crippen LogP) is 6.30. The maximum atomic E-state index is 10.9. The average Bonchev–Trinajstić information content (AvgIpc) is 2.90. The van der Waals surface area contributed by atoms with Crippen molar-refractivity contribution in [2.24, 2.45) is 17.8 Å². The molecule has 0 amide bonds. The van der Waals surface area contributed by atoms with Crippen LogP contribution in [0.2, 0.25) is 0 Å². The summed E-state index contributed by atoms with van der Waals surface area (Å²) in [5.74, 6) is 3.53. The van der Waals surface area contributed by atoms with Gasteiger partial charge in [-0.15, -0.1) is 0 Å². The van der Waals surface area contributed by atoms with E-state index in [4.69, 9.17) is 14.6 Å². The largest absolute Gasteiger partial charge is 0.496 e. The number of carboxylic acids is 1. The molecule has 0 saturated heterocycles. The Balaban J connectivity index is 1.41. The van der Waals surface area contributed by atoms with Gasteiger partial charge in [0.1, 0.15) is 18.1 Å². The normalized spacial score (nSPS) is 25.9. The number of nitrogens with zero attached hydrogens (tertiary/aromatic N) is 2. The van der Waals surface area contributed by atoms with Gasteiger partial charge in [0.05, 0.1) is 12.7 Å². The van der Waals surface area contributed by atoms with Crippen molar-refractivity contribution in [3.8, 4) is 22.9 Å². The van der Waals surface area contributed by atoms with Crippen molar-refractivity contribution >= 4 is 12.0 Å². The summed E-state index contributed by atoms with van der Waals surface area (Å²) in [5, 5.41) is 8.91. The van der Waals surface area contributed by atoms with E-state index in [0.717, 1.165) is 40.7 Å². The molecule has 4 saturated carbocycles. The van der Waals surface area contributed by atoms with E-state index < -0.39 is 5.97 Å². The van der Waals surface area contributed by atoms with Gasteiger partial charge >= 0.3 is 5.97 Å². The predicted molar refractivity (Wildman–Crippen MR) is 141 cm³/mol. The summed E-state index contributed by atoms with van der Waals surface area (Å²) in [5.41, 5.74) is 3.99. The molecule has 4 bridgehead atoms. The number of hydrogen-bond acceptors (Lipinski definition) is 5. The van der Waals surface area contributed by atoms with Gasteiger partial charge in [-0.2, -0.15) is 0 Å². The van der Waals surface area contributed by atoms with Gasteiger partial charge in [-0.05, 0) is 79.4 Å². The number of carboxylic acid groups (broad SMARTS) is 1. The van der Waals surface area contributed by atoms with Crippen molar-refractivity contribution in [2.75, 3.05) is 7.11 Å². The molecule has 4 fully saturated rings. The van der Waals surface area contributed by atoms with Crippen LogP contribution < -0.4 is 9.47 Å². The number of hydrogen-bond donors (Lipinski definition) is 1. The molecule has 3 aromatic rings. The first-order valence-electron chi connectivity index (χ1n) is 13.1. The van der Waals surface area contributed by atoms with Gasteiger partial charge in [0.15, 0.2) is 5.82 Å². The van der Waals surface area contributed by atoms with E-state index in [-0.39, 0.29) is 5.41 Å². The van der Waals surface area contributed by atoms with Crippen LogP contribution in [0.25, 0.3) is 17.5 Å². The molecule has 6 nitrogen and oxygen atoms in total. The van der Waals surface area contributed by atoms with Gasteiger partial charge < -0.3 is 14.6 Å². The van der Waals surface area contributed by atoms with E-state index in [2.05, 4.69) is 28.2 Å². The molecule has 1 heterocycles. The van der Waals surface area contributed by atoms with Crippen molar-refractivity contribution in [3.63, 3.8) is 0 Å². The number of carbonyl (C=O) groups is 1. The van der Waals surface area contributed by atoms with Crippen LogP contribution in [0.15, 0.2) is 60.9 Å². The summed E-state index contributed by atoms with van der Waals surface area (Å²) in [4.78, 5) is 20.0. The van der Waals surface area contributed by atoms with Gasteiger partial charge in [-0.25, -0.2) is 14.8 Å². The fourth-order valence-electron chi connectivity index (χ4n) is 7.35. The Kier molecular flexibility index (Phi) is 6.19. The molecule has 4 aliphatic rings. The molecular weight excluding hydrogens is 464 g/mol. The quantitative estimate of drug-likeness (QED) is 0.369. The lowest BCUT2D eigenvalue weighted by atomic mass is 9.48. The summed E-state index contributed by atoms with van der Waals surface area (Å²) in [6.45, 7) is 0.504. The molecule has 6 heteroatoms. The maximum absolute atomic E-state index is 10.9. The molecule has 37 heavy (non-hydrogen) atoms. The number of rotatable bonds is 8. The average molecular weight is 497 g/mol. The highest BCUT2D eigenvalue weighted by molar-refractivity contribution is 5.85. The minimum atomic E-state index is -1.00. The fourth-order valence-corrected chi connectivity index (χ4v) is 7.35. The molecule has 0 radical (unpaired) electrons. The lowest BCUT2D eigenvalue weighted by Crippen LogP contribution is -2.48. The lowest BCUT2D eigenvalue weighted by molar-refractivity contribution is -0.131. The molecule has 0 atom stereocenters.